The lowest BCUT2D eigenvalue weighted by atomic mass is 10.1. The van der Waals surface area contributed by atoms with Crippen molar-refractivity contribution in [2.24, 2.45) is 5.92 Å². The summed E-state index contributed by atoms with van der Waals surface area (Å²) in [6.45, 7) is 4.60. The van der Waals surface area contributed by atoms with Gasteiger partial charge >= 0.3 is 0 Å². The van der Waals surface area contributed by atoms with Crippen molar-refractivity contribution in [3.63, 3.8) is 0 Å². The van der Waals surface area contributed by atoms with E-state index in [0.717, 1.165) is 6.42 Å². The van der Waals surface area contributed by atoms with Crippen molar-refractivity contribution in [2.45, 2.75) is 32.3 Å². The smallest absolute Gasteiger partial charge is 0.252 e. The van der Waals surface area contributed by atoms with Crippen LogP contribution in [0.5, 0.6) is 5.88 Å². The van der Waals surface area contributed by atoms with Gasteiger partial charge in [-0.1, -0.05) is 30.3 Å². The Bertz CT molecular complexity index is 653. The predicted octanol–water partition coefficient (Wildman–Crippen LogP) is 3.40. The zero-order valence-electron chi connectivity index (χ0n) is 13.5. The lowest BCUT2D eigenvalue weighted by Crippen LogP contribution is -2.26. The average molecular weight is 310 g/mol. The molecular weight excluding hydrogens is 288 g/mol. The van der Waals surface area contributed by atoms with Crippen LogP contribution in [0.3, 0.4) is 0 Å². The second kappa shape index (κ2) is 6.82. The molecule has 0 bridgehead atoms. The molecule has 1 fully saturated rings. The van der Waals surface area contributed by atoms with E-state index < -0.39 is 0 Å². The maximum absolute atomic E-state index is 12.2. The first-order chi connectivity index (χ1) is 11.1. The maximum Gasteiger partial charge on any atom is 0.252 e. The minimum Gasteiger partial charge on any atom is -0.475 e. The lowest BCUT2D eigenvalue weighted by molar-refractivity contribution is 0.0951. The van der Waals surface area contributed by atoms with Gasteiger partial charge in [0.1, 0.15) is 0 Å². The molecule has 2 atom stereocenters. The Labute approximate surface area is 136 Å². The third-order valence-corrected chi connectivity index (χ3v) is 4.03. The van der Waals surface area contributed by atoms with Crippen molar-refractivity contribution < 1.29 is 9.53 Å². The van der Waals surface area contributed by atoms with Gasteiger partial charge in [-0.25, -0.2) is 4.98 Å². The molecule has 1 aromatic heterocycles. The monoisotopic (exact) mass is 310 g/mol. The van der Waals surface area contributed by atoms with Gasteiger partial charge < -0.3 is 10.1 Å². The molecule has 0 saturated heterocycles. The van der Waals surface area contributed by atoms with Crippen molar-refractivity contribution in [3.8, 4) is 5.88 Å². The van der Waals surface area contributed by atoms with E-state index in [1.54, 1.807) is 18.3 Å². The summed E-state index contributed by atoms with van der Waals surface area (Å²) in [7, 11) is 0. The van der Waals surface area contributed by atoms with Crippen LogP contribution in [0.15, 0.2) is 48.7 Å². The second-order valence-electron chi connectivity index (χ2n) is 6.27. The van der Waals surface area contributed by atoms with Gasteiger partial charge in [0.05, 0.1) is 11.7 Å². The predicted molar refractivity (Wildman–Crippen MR) is 89.6 cm³/mol. The van der Waals surface area contributed by atoms with Crippen molar-refractivity contribution >= 4 is 5.91 Å². The van der Waals surface area contributed by atoms with E-state index in [1.807, 2.05) is 19.9 Å². The Hall–Kier alpha value is -2.36. The molecule has 1 aromatic carbocycles. The van der Waals surface area contributed by atoms with E-state index >= 15 is 0 Å². The minimum atomic E-state index is -0.0766. The molecule has 1 aliphatic rings. The van der Waals surface area contributed by atoms with Crippen LogP contribution in [0.4, 0.5) is 0 Å². The van der Waals surface area contributed by atoms with Crippen molar-refractivity contribution in [1.29, 1.82) is 0 Å². The normalized spacial score (nSPS) is 19.4. The van der Waals surface area contributed by atoms with E-state index in [2.05, 4.69) is 34.6 Å². The number of carbonyl (C=O) groups is 1. The third kappa shape index (κ3) is 4.09. The van der Waals surface area contributed by atoms with Gasteiger partial charge in [0, 0.05) is 18.8 Å². The fourth-order valence-electron chi connectivity index (χ4n) is 2.73. The standard InChI is InChI=1S/C19H22N2O2/c1-13(2)23-18-9-8-15(11-20-18)19(22)21-12-16-10-17(16)14-6-4-3-5-7-14/h3-9,11,13,16-17H,10,12H2,1-2H3,(H,21,22). The van der Waals surface area contributed by atoms with Gasteiger partial charge in [0.25, 0.3) is 5.91 Å². The van der Waals surface area contributed by atoms with Crippen LogP contribution in [-0.4, -0.2) is 23.5 Å². The summed E-state index contributed by atoms with van der Waals surface area (Å²) in [5.74, 6) is 1.59. The second-order valence-corrected chi connectivity index (χ2v) is 6.27. The van der Waals surface area contributed by atoms with E-state index in [9.17, 15) is 4.79 Å². The first-order valence-corrected chi connectivity index (χ1v) is 8.09. The molecule has 1 N–H and O–H groups in total. The number of ether oxygens (including phenoxy) is 1. The summed E-state index contributed by atoms with van der Waals surface area (Å²) in [5.41, 5.74) is 1.93. The molecule has 1 amide bonds. The molecule has 120 valence electrons. The van der Waals surface area contributed by atoms with Gasteiger partial charge in [-0.2, -0.15) is 0 Å². The molecule has 23 heavy (non-hydrogen) atoms. The number of benzene rings is 1. The molecule has 2 unspecified atom stereocenters. The highest BCUT2D eigenvalue weighted by molar-refractivity contribution is 5.93. The van der Waals surface area contributed by atoms with E-state index in [1.165, 1.54) is 5.56 Å². The zero-order chi connectivity index (χ0) is 16.2. The van der Waals surface area contributed by atoms with Crippen LogP contribution in [0.1, 0.15) is 42.1 Å². The number of hydrogen-bond donors (Lipinski definition) is 1. The molecule has 1 saturated carbocycles. The highest BCUT2D eigenvalue weighted by Gasteiger charge is 2.38. The van der Waals surface area contributed by atoms with Crippen LogP contribution in [0, 0.1) is 5.92 Å². The Morgan fingerprint density at radius 1 is 1.26 bits per heavy atom. The van der Waals surface area contributed by atoms with Crippen molar-refractivity contribution in [2.75, 3.05) is 6.54 Å². The molecule has 0 radical (unpaired) electrons. The maximum atomic E-state index is 12.2. The number of nitrogens with zero attached hydrogens (tertiary/aromatic N) is 1. The number of pyridine rings is 1. The number of amides is 1. The average Bonchev–Trinajstić information content (AvgIpc) is 3.33. The first-order valence-electron chi connectivity index (χ1n) is 8.09. The zero-order valence-corrected chi connectivity index (χ0v) is 13.5. The lowest BCUT2D eigenvalue weighted by Gasteiger charge is -2.09. The molecule has 2 aromatic rings. The summed E-state index contributed by atoms with van der Waals surface area (Å²) >= 11 is 0. The first kappa shape index (κ1) is 15.5. The van der Waals surface area contributed by atoms with Gasteiger partial charge in [-0.05, 0) is 43.7 Å². The topological polar surface area (TPSA) is 51.2 Å². The van der Waals surface area contributed by atoms with E-state index in [-0.39, 0.29) is 12.0 Å². The van der Waals surface area contributed by atoms with Crippen molar-refractivity contribution in [1.82, 2.24) is 10.3 Å². The molecule has 3 rings (SSSR count). The highest BCUT2D eigenvalue weighted by Crippen LogP contribution is 2.46. The molecule has 0 spiro atoms. The number of aromatic nitrogens is 1. The molecule has 4 heteroatoms. The Balaban J connectivity index is 1.49. The fourth-order valence-corrected chi connectivity index (χ4v) is 2.73. The number of hydrogen-bond acceptors (Lipinski definition) is 3. The quantitative estimate of drug-likeness (QED) is 0.889. The highest BCUT2D eigenvalue weighted by atomic mass is 16.5. The van der Waals surface area contributed by atoms with E-state index in [0.29, 0.717) is 29.8 Å². The third-order valence-electron chi connectivity index (χ3n) is 4.03. The summed E-state index contributed by atoms with van der Waals surface area (Å²) in [4.78, 5) is 16.3. The molecule has 0 aliphatic heterocycles. The molecule has 4 nitrogen and oxygen atoms in total. The fraction of sp³-hybridized carbons (Fsp3) is 0.368. The van der Waals surface area contributed by atoms with Crippen LogP contribution in [-0.2, 0) is 0 Å². The van der Waals surface area contributed by atoms with Gasteiger partial charge in [0.2, 0.25) is 5.88 Å². The summed E-state index contributed by atoms with van der Waals surface area (Å²) in [6.07, 6.45) is 2.78. The summed E-state index contributed by atoms with van der Waals surface area (Å²) < 4.78 is 5.48. The largest absolute Gasteiger partial charge is 0.475 e. The molecule has 1 aliphatic carbocycles. The van der Waals surface area contributed by atoms with Crippen LogP contribution < -0.4 is 10.1 Å². The van der Waals surface area contributed by atoms with Crippen LogP contribution in [0.25, 0.3) is 0 Å². The minimum absolute atomic E-state index is 0.0759. The Kier molecular flexibility index (Phi) is 4.60. The molecular formula is C19H22N2O2. The summed E-state index contributed by atoms with van der Waals surface area (Å²) in [5, 5.41) is 3.00. The molecule has 1 heterocycles. The van der Waals surface area contributed by atoms with Gasteiger partial charge in [-0.3, -0.25) is 4.79 Å². The Morgan fingerprint density at radius 3 is 2.70 bits per heavy atom. The number of rotatable bonds is 6. The van der Waals surface area contributed by atoms with Gasteiger partial charge in [0.15, 0.2) is 0 Å². The van der Waals surface area contributed by atoms with Crippen molar-refractivity contribution in [3.05, 3.63) is 59.8 Å². The summed E-state index contributed by atoms with van der Waals surface area (Å²) in [6, 6.07) is 14.0. The number of carbonyl (C=O) groups excluding carboxylic acids is 1. The SMILES string of the molecule is CC(C)Oc1ccc(C(=O)NCC2CC2c2ccccc2)cn1. The number of nitrogens with one attached hydrogen (secondary N) is 1. The van der Waals surface area contributed by atoms with Gasteiger partial charge in [-0.15, -0.1) is 0 Å². The van der Waals surface area contributed by atoms with Crippen LogP contribution >= 0.6 is 0 Å². The Morgan fingerprint density at radius 2 is 2.04 bits per heavy atom. The van der Waals surface area contributed by atoms with Crippen LogP contribution in [0.2, 0.25) is 0 Å². The van der Waals surface area contributed by atoms with E-state index in [4.69, 9.17) is 4.74 Å².